The van der Waals surface area contributed by atoms with Gasteiger partial charge in [-0.25, -0.2) is 0 Å². The third-order valence-corrected chi connectivity index (χ3v) is 2.96. The molecule has 3 nitrogen and oxygen atoms in total. The molecular formula is C16H12F3NO2. The first kappa shape index (κ1) is 15.8. The molecule has 0 radical (unpaired) electrons. The van der Waals surface area contributed by atoms with E-state index in [2.05, 4.69) is 0 Å². The minimum Gasteiger partial charge on any atom is -0.318 e. The second-order valence-electron chi connectivity index (χ2n) is 4.70. The molecule has 0 aliphatic heterocycles. The summed E-state index contributed by atoms with van der Waals surface area (Å²) in [4.78, 5) is 23.5. The number of aryl methyl sites for hydroxylation is 1. The molecule has 0 spiro atoms. The fourth-order valence-electron chi connectivity index (χ4n) is 1.89. The summed E-state index contributed by atoms with van der Waals surface area (Å²) in [5, 5.41) is 1.74. The summed E-state index contributed by atoms with van der Waals surface area (Å²) in [6.45, 7) is 1.71. The van der Waals surface area contributed by atoms with Crippen molar-refractivity contribution in [1.29, 1.82) is 0 Å². The number of benzene rings is 2. The number of hydrogen-bond acceptors (Lipinski definition) is 2. The lowest BCUT2D eigenvalue weighted by molar-refractivity contribution is -0.167. The molecule has 0 fully saturated rings. The van der Waals surface area contributed by atoms with Gasteiger partial charge in [-0.3, -0.25) is 9.59 Å². The van der Waals surface area contributed by atoms with E-state index in [9.17, 15) is 22.8 Å². The maximum atomic E-state index is 12.4. The van der Waals surface area contributed by atoms with E-state index in [0.717, 1.165) is 0 Å². The Bertz CT molecular complexity index is 709. The number of carbonyl (C=O) groups is 2. The van der Waals surface area contributed by atoms with Gasteiger partial charge in [0, 0.05) is 11.1 Å². The fraction of sp³-hybridized carbons (Fsp3) is 0.125. The number of halogens is 3. The molecule has 1 N–H and O–H groups in total. The minimum absolute atomic E-state index is 0.0174. The Morgan fingerprint density at radius 1 is 1.00 bits per heavy atom. The van der Waals surface area contributed by atoms with Crippen LogP contribution in [-0.2, 0) is 4.79 Å². The molecule has 0 aromatic heterocycles. The molecule has 1 amide bonds. The minimum atomic E-state index is -5.02. The predicted octanol–water partition coefficient (Wildman–Crippen LogP) is 3.73. The normalized spacial score (nSPS) is 11.1. The number of rotatable bonds is 3. The van der Waals surface area contributed by atoms with Crippen LogP contribution in [0.1, 0.15) is 21.5 Å². The van der Waals surface area contributed by atoms with Gasteiger partial charge in [0.05, 0.1) is 5.69 Å². The Hall–Kier alpha value is -2.63. The highest BCUT2D eigenvalue weighted by Crippen LogP contribution is 2.24. The Morgan fingerprint density at radius 2 is 1.64 bits per heavy atom. The second kappa shape index (κ2) is 6.01. The van der Waals surface area contributed by atoms with Crippen LogP contribution in [0.15, 0.2) is 48.5 Å². The number of amides is 1. The summed E-state index contributed by atoms with van der Waals surface area (Å²) in [6.07, 6.45) is -5.02. The van der Waals surface area contributed by atoms with E-state index < -0.39 is 17.9 Å². The Labute approximate surface area is 124 Å². The van der Waals surface area contributed by atoms with Gasteiger partial charge in [0.1, 0.15) is 0 Å². The first-order chi connectivity index (χ1) is 10.3. The van der Waals surface area contributed by atoms with Gasteiger partial charge in [-0.15, -0.1) is 0 Å². The summed E-state index contributed by atoms with van der Waals surface area (Å²) < 4.78 is 37.1. The molecule has 0 aliphatic carbocycles. The molecule has 0 unspecified atom stereocenters. The molecule has 22 heavy (non-hydrogen) atoms. The summed E-state index contributed by atoms with van der Waals surface area (Å²) in [5.74, 6) is -2.57. The van der Waals surface area contributed by atoms with E-state index in [4.69, 9.17) is 0 Å². The average Bonchev–Trinajstić information content (AvgIpc) is 2.48. The zero-order chi connectivity index (χ0) is 16.3. The van der Waals surface area contributed by atoms with Gasteiger partial charge >= 0.3 is 12.1 Å². The Kier molecular flexibility index (Phi) is 4.30. The number of hydrogen-bond donors (Lipinski definition) is 1. The summed E-state index contributed by atoms with van der Waals surface area (Å²) in [6, 6.07) is 12.4. The smallest absolute Gasteiger partial charge is 0.318 e. The highest BCUT2D eigenvalue weighted by atomic mass is 19.4. The third-order valence-electron chi connectivity index (χ3n) is 2.96. The highest BCUT2D eigenvalue weighted by molar-refractivity contribution is 6.14. The van der Waals surface area contributed by atoms with Crippen molar-refractivity contribution in [2.75, 3.05) is 5.32 Å². The van der Waals surface area contributed by atoms with Gasteiger partial charge in [-0.2, -0.15) is 13.2 Å². The van der Waals surface area contributed by atoms with Crippen LogP contribution >= 0.6 is 0 Å². The van der Waals surface area contributed by atoms with Crippen LogP contribution in [-0.4, -0.2) is 17.9 Å². The lowest BCUT2D eigenvalue weighted by atomic mass is 9.99. The quantitative estimate of drug-likeness (QED) is 0.878. The van der Waals surface area contributed by atoms with Crippen molar-refractivity contribution in [2.45, 2.75) is 13.1 Å². The average molecular weight is 307 g/mol. The second-order valence-corrected chi connectivity index (χ2v) is 4.70. The Morgan fingerprint density at radius 3 is 2.23 bits per heavy atom. The third kappa shape index (κ3) is 3.52. The zero-order valence-electron chi connectivity index (χ0n) is 11.6. The molecule has 0 bridgehead atoms. The van der Waals surface area contributed by atoms with Crippen molar-refractivity contribution in [3.63, 3.8) is 0 Å². The van der Waals surface area contributed by atoms with Gasteiger partial charge in [-0.1, -0.05) is 42.0 Å². The lowest BCUT2D eigenvalue weighted by Gasteiger charge is -2.12. The van der Waals surface area contributed by atoms with Crippen LogP contribution < -0.4 is 5.32 Å². The van der Waals surface area contributed by atoms with E-state index in [-0.39, 0.29) is 11.3 Å². The Balaban J connectivity index is 2.41. The first-order valence-corrected chi connectivity index (χ1v) is 6.37. The van der Waals surface area contributed by atoms with Crippen molar-refractivity contribution in [3.05, 3.63) is 65.2 Å². The topological polar surface area (TPSA) is 46.2 Å². The molecule has 114 valence electrons. The lowest BCUT2D eigenvalue weighted by Crippen LogP contribution is -2.30. The van der Waals surface area contributed by atoms with Gasteiger partial charge in [0.15, 0.2) is 5.78 Å². The van der Waals surface area contributed by atoms with Gasteiger partial charge in [0.2, 0.25) is 0 Å². The molecular weight excluding hydrogens is 295 g/mol. The van der Waals surface area contributed by atoms with Crippen molar-refractivity contribution in [1.82, 2.24) is 0 Å². The van der Waals surface area contributed by atoms with Crippen LogP contribution in [0.4, 0.5) is 18.9 Å². The molecule has 2 aromatic rings. The van der Waals surface area contributed by atoms with Crippen molar-refractivity contribution >= 4 is 17.4 Å². The number of carbonyl (C=O) groups excluding carboxylic acids is 2. The maximum Gasteiger partial charge on any atom is 0.471 e. The molecule has 0 saturated carbocycles. The van der Waals surface area contributed by atoms with Gasteiger partial charge in [0.25, 0.3) is 0 Å². The molecule has 2 rings (SSSR count). The predicted molar refractivity (Wildman–Crippen MR) is 75.7 cm³/mol. The van der Waals surface area contributed by atoms with Crippen LogP contribution in [0.2, 0.25) is 0 Å². The fourth-order valence-corrected chi connectivity index (χ4v) is 1.89. The molecule has 0 atom stereocenters. The SMILES string of the molecule is Cc1ccc(NC(=O)C(F)(F)F)c(C(=O)c2ccccc2)c1. The monoisotopic (exact) mass is 307 g/mol. The number of anilines is 1. The van der Waals surface area contributed by atoms with E-state index in [0.29, 0.717) is 11.1 Å². The van der Waals surface area contributed by atoms with Crippen LogP contribution in [0.25, 0.3) is 0 Å². The number of ketones is 1. The van der Waals surface area contributed by atoms with Crippen molar-refractivity contribution < 1.29 is 22.8 Å². The van der Waals surface area contributed by atoms with Crippen LogP contribution in [0, 0.1) is 6.92 Å². The molecule has 0 heterocycles. The summed E-state index contributed by atoms with van der Waals surface area (Å²) in [5.41, 5.74) is 0.880. The number of alkyl halides is 3. The van der Waals surface area contributed by atoms with E-state index in [1.165, 1.54) is 18.2 Å². The van der Waals surface area contributed by atoms with Gasteiger partial charge < -0.3 is 5.32 Å². The van der Waals surface area contributed by atoms with Crippen LogP contribution in [0.3, 0.4) is 0 Å². The first-order valence-electron chi connectivity index (χ1n) is 6.37. The zero-order valence-corrected chi connectivity index (χ0v) is 11.6. The molecule has 6 heteroatoms. The largest absolute Gasteiger partial charge is 0.471 e. The van der Waals surface area contributed by atoms with E-state index in [1.807, 2.05) is 0 Å². The van der Waals surface area contributed by atoms with Gasteiger partial charge in [-0.05, 0) is 19.1 Å². The van der Waals surface area contributed by atoms with E-state index in [1.54, 1.807) is 42.6 Å². The molecule has 0 saturated heterocycles. The molecule has 2 aromatic carbocycles. The summed E-state index contributed by atoms with van der Waals surface area (Å²) in [7, 11) is 0. The van der Waals surface area contributed by atoms with Crippen molar-refractivity contribution in [3.8, 4) is 0 Å². The van der Waals surface area contributed by atoms with E-state index >= 15 is 0 Å². The van der Waals surface area contributed by atoms with Crippen molar-refractivity contribution in [2.24, 2.45) is 0 Å². The highest BCUT2D eigenvalue weighted by Gasteiger charge is 2.39. The summed E-state index contributed by atoms with van der Waals surface area (Å²) >= 11 is 0. The molecule has 0 aliphatic rings. The van der Waals surface area contributed by atoms with Crippen LogP contribution in [0.5, 0.6) is 0 Å². The maximum absolute atomic E-state index is 12.4. The number of nitrogens with one attached hydrogen (secondary N) is 1. The standard InChI is InChI=1S/C16H12F3NO2/c1-10-7-8-13(20-15(22)16(17,18)19)12(9-10)14(21)11-5-3-2-4-6-11/h2-9H,1H3,(H,20,22).